The van der Waals surface area contributed by atoms with Gasteiger partial charge in [-0.15, -0.1) is 0 Å². The molecule has 0 fully saturated rings. The van der Waals surface area contributed by atoms with Gasteiger partial charge >= 0.3 is 0 Å². The monoisotopic (exact) mass is 351 g/mol. The maximum atomic E-state index is 12.7. The van der Waals surface area contributed by atoms with E-state index in [4.69, 9.17) is 4.74 Å². The van der Waals surface area contributed by atoms with Crippen molar-refractivity contribution in [1.82, 2.24) is 14.7 Å². The third-order valence-corrected chi connectivity index (χ3v) is 3.68. The Morgan fingerprint density at radius 2 is 2.19 bits per heavy atom. The molecule has 1 heterocycles. The third-order valence-electron chi connectivity index (χ3n) is 3.10. The Morgan fingerprint density at radius 1 is 1.43 bits per heavy atom. The van der Waals surface area contributed by atoms with Crippen LogP contribution in [0.5, 0.6) is 5.75 Å². The zero-order valence-electron chi connectivity index (χ0n) is 12.3. The number of ether oxygens (including phenoxy) is 1. The van der Waals surface area contributed by atoms with Crippen LogP contribution in [0.3, 0.4) is 0 Å². The third kappa shape index (κ3) is 3.71. The molecule has 0 amide bonds. The van der Waals surface area contributed by atoms with E-state index < -0.39 is 0 Å². The minimum absolute atomic E-state index is 0.0722. The Kier molecular flexibility index (Phi) is 5.14. The number of rotatable bonds is 6. The molecule has 0 aliphatic carbocycles. The maximum Gasteiger partial charge on any atom is 0.212 e. The topological polar surface area (TPSA) is 47.4 Å². The summed E-state index contributed by atoms with van der Waals surface area (Å²) >= 11 is 3.41. The number of hydrogen-bond donors (Lipinski definition) is 0. The lowest BCUT2D eigenvalue weighted by molar-refractivity contribution is 0.102. The van der Waals surface area contributed by atoms with Crippen LogP contribution < -0.4 is 4.74 Å². The summed E-state index contributed by atoms with van der Waals surface area (Å²) in [5.41, 5.74) is 1.15. The molecule has 0 saturated carbocycles. The predicted molar refractivity (Wildman–Crippen MR) is 84.9 cm³/mol. The molecule has 1 aromatic carbocycles. The second kappa shape index (κ2) is 6.87. The van der Waals surface area contributed by atoms with Gasteiger partial charge in [0, 0.05) is 12.1 Å². The number of aromatic nitrogens is 2. The van der Waals surface area contributed by atoms with Crippen molar-refractivity contribution in [3.63, 3.8) is 0 Å². The van der Waals surface area contributed by atoms with Gasteiger partial charge in [-0.1, -0.05) is 12.1 Å². The second-order valence-corrected chi connectivity index (χ2v) is 5.78. The minimum Gasteiger partial charge on any atom is -0.497 e. The summed E-state index contributed by atoms with van der Waals surface area (Å²) in [7, 11) is 5.56. The highest BCUT2D eigenvalue weighted by Gasteiger charge is 2.19. The van der Waals surface area contributed by atoms with Gasteiger partial charge in [-0.2, -0.15) is 5.10 Å². The Labute approximate surface area is 132 Å². The molecule has 6 heteroatoms. The smallest absolute Gasteiger partial charge is 0.212 e. The molecule has 2 aromatic rings. The van der Waals surface area contributed by atoms with Crippen LogP contribution in [0.15, 0.2) is 34.9 Å². The van der Waals surface area contributed by atoms with E-state index in [1.54, 1.807) is 36.2 Å². The molecular weight excluding hydrogens is 334 g/mol. The van der Waals surface area contributed by atoms with Gasteiger partial charge in [0.05, 0.1) is 24.3 Å². The van der Waals surface area contributed by atoms with Crippen molar-refractivity contribution in [2.75, 3.05) is 27.7 Å². The van der Waals surface area contributed by atoms with Crippen LogP contribution in [0.2, 0.25) is 0 Å². The summed E-state index contributed by atoms with van der Waals surface area (Å²) < 4.78 is 7.60. The van der Waals surface area contributed by atoms with Gasteiger partial charge in [0.2, 0.25) is 5.78 Å². The van der Waals surface area contributed by atoms with E-state index in [-0.39, 0.29) is 5.78 Å². The Hall–Kier alpha value is -1.66. The van der Waals surface area contributed by atoms with E-state index >= 15 is 0 Å². The summed E-state index contributed by atoms with van der Waals surface area (Å²) in [6, 6.07) is 7.13. The van der Waals surface area contributed by atoms with Crippen LogP contribution >= 0.6 is 15.9 Å². The standard InChI is InChI=1S/C15H18BrN3O2/c1-18(2)7-8-19-14(13(16)10-17-19)15(20)11-5-4-6-12(9-11)21-3/h4-6,9-10H,7-8H2,1-3H3. The summed E-state index contributed by atoms with van der Waals surface area (Å²) in [5, 5.41) is 4.27. The van der Waals surface area contributed by atoms with Crippen molar-refractivity contribution in [3.05, 3.63) is 46.2 Å². The molecule has 0 radical (unpaired) electrons. The van der Waals surface area contributed by atoms with Crippen molar-refractivity contribution in [2.45, 2.75) is 6.54 Å². The van der Waals surface area contributed by atoms with Crippen molar-refractivity contribution in [2.24, 2.45) is 0 Å². The number of methoxy groups -OCH3 is 1. The zero-order chi connectivity index (χ0) is 15.4. The highest BCUT2D eigenvalue weighted by Crippen LogP contribution is 2.22. The number of benzene rings is 1. The fourth-order valence-electron chi connectivity index (χ4n) is 1.95. The first-order chi connectivity index (χ1) is 10.0. The first kappa shape index (κ1) is 15.7. The molecule has 0 unspecified atom stereocenters. The molecular formula is C15H18BrN3O2. The van der Waals surface area contributed by atoms with E-state index in [0.717, 1.165) is 6.54 Å². The highest BCUT2D eigenvalue weighted by atomic mass is 79.9. The van der Waals surface area contributed by atoms with Crippen LogP contribution in [0.25, 0.3) is 0 Å². The molecule has 0 spiro atoms. The van der Waals surface area contributed by atoms with Gasteiger partial charge in [0.25, 0.3) is 0 Å². The van der Waals surface area contributed by atoms with Gasteiger partial charge in [-0.3, -0.25) is 9.48 Å². The molecule has 0 atom stereocenters. The number of carbonyl (C=O) groups excluding carboxylic acids is 1. The van der Waals surface area contributed by atoms with Crippen molar-refractivity contribution in [3.8, 4) is 5.75 Å². The number of nitrogens with zero attached hydrogens (tertiary/aromatic N) is 3. The normalized spacial score (nSPS) is 10.9. The van der Waals surface area contributed by atoms with E-state index in [2.05, 4.69) is 25.9 Å². The maximum absolute atomic E-state index is 12.7. The van der Waals surface area contributed by atoms with Crippen LogP contribution in [0.4, 0.5) is 0 Å². The van der Waals surface area contributed by atoms with Gasteiger partial charge in [-0.25, -0.2) is 0 Å². The number of likely N-dealkylation sites (N-methyl/N-ethyl adjacent to an activating group) is 1. The molecule has 0 aliphatic rings. The summed E-state index contributed by atoms with van der Waals surface area (Å²) in [4.78, 5) is 14.8. The Morgan fingerprint density at radius 3 is 2.86 bits per heavy atom. The largest absolute Gasteiger partial charge is 0.497 e. The molecule has 0 aliphatic heterocycles. The summed E-state index contributed by atoms with van der Waals surface area (Å²) in [6.45, 7) is 1.47. The highest BCUT2D eigenvalue weighted by molar-refractivity contribution is 9.10. The fraction of sp³-hybridized carbons (Fsp3) is 0.333. The van der Waals surface area contributed by atoms with Gasteiger partial charge in [-0.05, 0) is 42.2 Å². The van der Waals surface area contributed by atoms with Crippen molar-refractivity contribution < 1.29 is 9.53 Å². The molecule has 2 rings (SSSR count). The summed E-state index contributed by atoms with van der Waals surface area (Å²) in [6.07, 6.45) is 1.66. The number of halogens is 1. The lowest BCUT2D eigenvalue weighted by Crippen LogP contribution is -2.21. The van der Waals surface area contributed by atoms with Crippen LogP contribution in [-0.4, -0.2) is 48.2 Å². The minimum atomic E-state index is -0.0722. The van der Waals surface area contributed by atoms with Crippen molar-refractivity contribution >= 4 is 21.7 Å². The molecule has 0 saturated heterocycles. The predicted octanol–water partition coefficient (Wildman–Crippen LogP) is 2.45. The van der Waals surface area contributed by atoms with Crippen molar-refractivity contribution in [1.29, 1.82) is 0 Å². The number of ketones is 1. The Bertz CT molecular complexity index is 638. The van der Waals surface area contributed by atoms with E-state index in [9.17, 15) is 4.79 Å². The lowest BCUT2D eigenvalue weighted by atomic mass is 10.1. The van der Waals surface area contributed by atoms with Gasteiger partial charge < -0.3 is 9.64 Å². The quantitative estimate of drug-likeness (QED) is 0.750. The zero-order valence-corrected chi connectivity index (χ0v) is 13.9. The molecule has 21 heavy (non-hydrogen) atoms. The number of hydrogen-bond acceptors (Lipinski definition) is 4. The molecule has 0 N–H and O–H groups in total. The van der Waals surface area contributed by atoms with Crippen LogP contribution in [0, 0.1) is 0 Å². The first-order valence-electron chi connectivity index (χ1n) is 6.57. The average molecular weight is 352 g/mol. The SMILES string of the molecule is COc1cccc(C(=O)c2c(Br)cnn2CCN(C)C)c1. The molecule has 5 nitrogen and oxygen atoms in total. The van der Waals surface area contributed by atoms with E-state index in [1.807, 2.05) is 20.2 Å². The average Bonchev–Trinajstić information content (AvgIpc) is 2.85. The van der Waals surface area contributed by atoms with Gasteiger partial charge in [0.1, 0.15) is 11.4 Å². The fourth-order valence-corrected chi connectivity index (χ4v) is 2.43. The Balaban J connectivity index is 2.31. The van der Waals surface area contributed by atoms with Gasteiger partial charge in [0.15, 0.2) is 0 Å². The summed E-state index contributed by atoms with van der Waals surface area (Å²) in [5.74, 6) is 0.591. The number of carbonyl (C=O) groups is 1. The van der Waals surface area contributed by atoms with E-state index in [0.29, 0.717) is 28.0 Å². The molecule has 1 aromatic heterocycles. The van der Waals surface area contributed by atoms with Crippen LogP contribution in [-0.2, 0) is 6.54 Å². The second-order valence-electron chi connectivity index (χ2n) is 4.93. The lowest BCUT2D eigenvalue weighted by Gasteiger charge is -2.12. The van der Waals surface area contributed by atoms with E-state index in [1.165, 1.54) is 0 Å². The first-order valence-corrected chi connectivity index (χ1v) is 7.37. The molecule has 112 valence electrons. The van der Waals surface area contributed by atoms with Crippen LogP contribution in [0.1, 0.15) is 16.1 Å². The molecule has 0 bridgehead atoms.